The summed E-state index contributed by atoms with van der Waals surface area (Å²) in [6, 6.07) is 6.32. The third kappa shape index (κ3) is 5.78. The molecular formula is C23H37IN4O4. The van der Waals surface area contributed by atoms with Crippen LogP contribution in [0.25, 0.3) is 0 Å². The summed E-state index contributed by atoms with van der Waals surface area (Å²) >= 11 is 0. The van der Waals surface area contributed by atoms with Gasteiger partial charge in [0.05, 0.1) is 13.2 Å². The van der Waals surface area contributed by atoms with E-state index in [0.29, 0.717) is 6.79 Å². The largest absolute Gasteiger partial charge is 0.454 e. The molecule has 3 aliphatic heterocycles. The second-order valence-corrected chi connectivity index (χ2v) is 9.15. The minimum atomic E-state index is -0.0312. The molecule has 0 aliphatic carbocycles. The maximum Gasteiger partial charge on any atom is 0.231 e. The standard InChI is InChI=1S/C23H36N4O4.HI/c1-22(2,27-8-12-29-13-9-27)15-25-21(24-3)26-16-23(6-10-28-11-7-23)18-4-5-19-20(14-18)31-17-30-19;/h4-5,14H,6-13,15-17H2,1-3H3,(H2,24,25,26);1H. The highest BCUT2D eigenvalue weighted by atomic mass is 127. The first-order valence-electron chi connectivity index (χ1n) is 11.3. The quantitative estimate of drug-likeness (QED) is 0.315. The minimum Gasteiger partial charge on any atom is -0.454 e. The molecule has 1 aromatic carbocycles. The van der Waals surface area contributed by atoms with Gasteiger partial charge in [0.15, 0.2) is 17.5 Å². The van der Waals surface area contributed by atoms with Gasteiger partial charge in [-0.3, -0.25) is 9.89 Å². The van der Waals surface area contributed by atoms with Crippen molar-refractivity contribution in [1.29, 1.82) is 0 Å². The van der Waals surface area contributed by atoms with Crippen molar-refractivity contribution in [2.24, 2.45) is 4.99 Å². The van der Waals surface area contributed by atoms with Crippen molar-refractivity contribution in [3.63, 3.8) is 0 Å². The van der Waals surface area contributed by atoms with Gasteiger partial charge in [-0.1, -0.05) is 6.07 Å². The SMILES string of the molecule is CN=C(NCC1(c2ccc3c(c2)OCO3)CCOCC1)NCC(C)(C)N1CCOCC1.I. The lowest BCUT2D eigenvalue weighted by atomic mass is 9.74. The average molecular weight is 560 g/mol. The third-order valence-electron chi connectivity index (χ3n) is 6.81. The Balaban J connectivity index is 0.00000289. The zero-order valence-electron chi connectivity index (χ0n) is 19.4. The lowest BCUT2D eigenvalue weighted by Gasteiger charge is -2.41. The summed E-state index contributed by atoms with van der Waals surface area (Å²) in [5.41, 5.74) is 1.25. The van der Waals surface area contributed by atoms with E-state index in [-0.39, 0.29) is 34.9 Å². The summed E-state index contributed by atoms with van der Waals surface area (Å²) in [5.74, 6) is 2.48. The van der Waals surface area contributed by atoms with Crippen LogP contribution in [0.2, 0.25) is 0 Å². The number of nitrogens with one attached hydrogen (secondary N) is 2. The Bertz CT molecular complexity index is 777. The number of rotatable bonds is 6. The zero-order chi connectivity index (χ0) is 21.7. The molecule has 0 spiro atoms. The van der Waals surface area contributed by atoms with Gasteiger partial charge in [0.1, 0.15) is 0 Å². The van der Waals surface area contributed by atoms with Crippen LogP contribution < -0.4 is 20.1 Å². The van der Waals surface area contributed by atoms with Crippen LogP contribution in [-0.4, -0.2) is 82.8 Å². The van der Waals surface area contributed by atoms with Crippen LogP contribution in [0.5, 0.6) is 11.5 Å². The summed E-state index contributed by atoms with van der Waals surface area (Å²) in [4.78, 5) is 6.95. The number of hydrogen-bond acceptors (Lipinski definition) is 6. The summed E-state index contributed by atoms with van der Waals surface area (Å²) in [6.45, 7) is 11.5. The van der Waals surface area contributed by atoms with Crippen LogP contribution in [0.4, 0.5) is 0 Å². The van der Waals surface area contributed by atoms with Gasteiger partial charge >= 0.3 is 0 Å². The number of aliphatic imine (C=N–C) groups is 1. The van der Waals surface area contributed by atoms with E-state index in [0.717, 1.165) is 82.9 Å². The van der Waals surface area contributed by atoms with Crippen LogP contribution in [0.3, 0.4) is 0 Å². The Kier molecular flexibility index (Phi) is 8.88. The Morgan fingerprint density at radius 1 is 1.03 bits per heavy atom. The molecule has 0 bridgehead atoms. The first-order valence-corrected chi connectivity index (χ1v) is 11.3. The topological polar surface area (TPSA) is 76.6 Å². The molecule has 2 saturated heterocycles. The summed E-state index contributed by atoms with van der Waals surface area (Å²) in [7, 11) is 1.83. The first-order chi connectivity index (χ1) is 15.0. The van der Waals surface area contributed by atoms with Gasteiger partial charge in [0, 0.05) is 57.4 Å². The van der Waals surface area contributed by atoms with Crippen LogP contribution in [0.15, 0.2) is 23.2 Å². The second-order valence-electron chi connectivity index (χ2n) is 9.15. The highest BCUT2D eigenvalue weighted by Gasteiger charge is 2.36. The molecule has 2 fully saturated rings. The Hall–Kier alpha value is -1.30. The van der Waals surface area contributed by atoms with E-state index in [2.05, 4.69) is 46.5 Å². The number of ether oxygens (including phenoxy) is 4. The first kappa shape index (κ1) is 25.3. The minimum absolute atomic E-state index is 0. The molecule has 9 heteroatoms. The number of nitrogens with zero attached hydrogens (tertiary/aromatic N) is 2. The fourth-order valence-electron chi connectivity index (χ4n) is 4.61. The summed E-state index contributed by atoms with van der Waals surface area (Å²) in [6.07, 6.45) is 1.91. The Morgan fingerprint density at radius 3 is 2.44 bits per heavy atom. The van der Waals surface area contributed by atoms with Crippen LogP contribution in [0, 0.1) is 0 Å². The maximum atomic E-state index is 5.69. The van der Waals surface area contributed by atoms with Crippen molar-refractivity contribution in [2.75, 3.05) is 66.4 Å². The van der Waals surface area contributed by atoms with Gasteiger partial charge in [0.25, 0.3) is 0 Å². The van der Waals surface area contributed by atoms with Crippen LogP contribution in [-0.2, 0) is 14.9 Å². The van der Waals surface area contributed by atoms with Crippen LogP contribution >= 0.6 is 24.0 Å². The molecule has 32 heavy (non-hydrogen) atoms. The van der Waals surface area contributed by atoms with Crippen molar-refractivity contribution in [3.05, 3.63) is 23.8 Å². The molecule has 1 aromatic rings. The van der Waals surface area contributed by atoms with Crippen molar-refractivity contribution < 1.29 is 18.9 Å². The van der Waals surface area contributed by atoms with E-state index in [9.17, 15) is 0 Å². The third-order valence-corrected chi connectivity index (χ3v) is 6.81. The maximum absolute atomic E-state index is 5.69. The highest BCUT2D eigenvalue weighted by Crippen LogP contribution is 2.40. The van der Waals surface area contributed by atoms with E-state index >= 15 is 0 Å². The molecule has 3 heterocycles. The Labute approximate surface area is 208 Å². The Morgan fingerprint density at radius 2 is 1.72 bits per heavy atom. The fourth-order valence-corrected chi connectivity index (χ4v) is 4.61. The molecule has 0 saturated carbocycles. The van der Waals surface area contributed by atoms with Crippen molar-refractivity contribution >= 4 is 29.9 Å². The molecular weight excluding hydrogens is 523 g/mol. The molecule has 0 amide bonds. The van der Waals surface area contributed by atoms with Gasteiger partial charge in [-0.2, -0.15) is 0 Å². The number of hydrogen-bond donors (Lipinski definition) is 2. The molecule has 4 rings (SSSR count). The molecule has 0 aromatic heterocycles. The van der Waals surface area contributed by atoms with Crippen LogP contribution in [0.1, 0.15) is 32.3 Å². The lowest BCUT2D eigenvalue weighted by molar-refractivity contribution is -0.00835. The molecule has 0 unspecified atom stereocenters. The second kappa shape index (κ2) is 11.2. The van der Waals surface area contributed by atoms with Gasteiger partial charge in [-0.15, -0.1) is 24.0 Å². The van der Waals surface area contributed by atoms with E-state index in [1.807, 2.05) is 13.1 Å². The van der Waals surface area contributed by atoms with Gasteiger partial charge in [-0.05, 0) is 44.4 Å². The molecule has 0 atom stereocenters. The predicted octanol–water partition coefficient (Wildman–Crippen LogP) is 2.36. The number of guanidine groups is 1. The van der Waals surface area contributed by atoms with E-state index in [4.69, 9.17) is 18.9 Å². The van der Waals surface area contributed by atoms with Crippen molar-refractivity contribution in [1.82, 2.24) is 15.5 Å². The van der Waals surface area contributed by atoms with Gasteiger partial charge in [-0.25, -0.2) is 0 Å². The number of morpholine rings is 1. The van der Waals surface area contributed by atoms with Crippen molar-refractivity contribution in [2.45, 2.75) is 37.6 Å². The monoisotopic (exact) mass is 560 g/mol. The lowest BCUT2D eigenvalue weighted by Crippen LogP contribution is -2.57. The van der Waals surface area contributed by atoms with Gasteiger partial charge < -0.3 is 29.6 Å². The zero-order valence-corrected chi connectivity index (χ0v) is 21.8. The van der Waals surface area contributed by atoms with Crippen molar-refractivity contribution in [3.8, 4) is 11.5 Å². The van der Waals surface area contributed by atoms with E-state index < -0.39 is 0 Å². The average Bonchev–Trinajstić information content (AvgIpc) is 3.28. The normalized spacial score (nSPS) is 21.0. The summed E-state index contributed by atoms with van der Waals surface area (Å²) in [5, 5.41) is 7.13. The fraction of sp³-hybridized carbons (Fsp3) is 0.696. The summed E-state index contributed by atoms with van der Waals surface area (Å²) < 4.78 is 22.3. The smallest absolute Gasteiger partial charge is 0.231 e. The number of fused-ring (bicyclic) bond motifs is 1. The van der Waals surface area contributed by atoms with E-state index in [1.54, 1.807) is 0 Å². The van der Waals surface area contributed by atoms with E-state index in [1.165, 1.54) is 5.56 Å². The highest BCUT2D eigenvalue weighted by molar-refractivity contribution is 14.0. The molecule has 180 valence electrons. The molecule has 3 aliphatic rings. The predicted molar refractivity (Wildman–Crippen MR) is 136 cm³/mol. The van der Waals surface area contributed by atoms with Gasteiger partial charge in [0.2, 0.25) is 6.79 Å². The number of benzene rings is 1. The molecule has 2 N–H and O–H groups in total. The molecule has 0 radical (unpaired) electrons. The number of halogens is 1. The molecule has 8 nitrogen and oxygen atoms in total.